The number of carbonyl (C=O) groups is 2. The Labute approximate surface area is 222 Å². The van der Waals surface area contributed by atoms with Gasteiger partial charge >= 0.3 is 0 Å². The van der Waals surface area contributed by atoms with Crippen LogP contribution in [0.5, 0.6) is 5.75 Å². The maximum Gasteiger partial charge on any atom is 0.264 e. The Morgan fingerprint density at radius 1 is 1.03 bits per heavy atom. The average Bonchev–Trinajstić information content (AvgIpc) is 2.90. The van der Waals surface area contributed by atoms with E-state index in [0.29, 0.717) is 10.6 Å². The molecule has 10 heteroatoms. The molecular formula is C27H30ClN3O5S. The molecule has 0 aliphatic rings. The van der Waals surface area contributed by atoms with Crippen LogP contribution in [-0.2, 0) is 26.2 Å². The molecule has 0 aliphatic heterocycles. The van der Waals surface area contributed by atoms with Gasteiger partial charge < -0.3 is 15.0 Å². The number of nitrogens with one attached hydrogen (secondary N) is 1. The molecule has 1 atom stereocenters. The number of aryl methyl sites for hydroxylation is 1. The van der Waals surface area contributed by atoms with Gasteiger partial charge in [0.2, 0.25) is 11.8 Å². The Bertz CT molecular complexity index is 1370. The van der Waals surface area contributed by atoms with Crippen molar-refractivity contribution in [3.63, 3.8) is 0 Å². The van der Waals surface area contributed by atoms with Crippen LogP contribution < -0.4 is 14.4 Å². The van der Waals surface area contributed by atoms with Crippen molar-refractivity contribution in [2.75, 3.05) is 25.0 Å². The predicted molar refractivity (Wildman–Crippen MR) is 144 cm³/mol. The summed E-state index contributed by atoms with van der Waals surface area (Å²) in [6.45, 7) is 2.84. The summed E-state index contributed by atoms with van der Waals surface area (Å²) in [6, 6.07) is 19.0. The lowest BCUT2D eigenvalue weighted by atomic mass is 10.1. The number of sulfonamides is 1. The lowest BCUT2D eigenvalue weighted by Crippen LogP contribution is -2.50. The normalized spacial score (nSPS) is 11.9. The predicted octanol–water partition coefficient (Wildman–Crippen LogP) is 4.02. The van der Waals surface area contributed by atoms with E-state index in [2.05, 4.69) is 5.32 Å². The molecule has 0 heterocycles. The minimum atomic E-state index is -4.19. The van der Waals surface area contributed by atoms with Crippen molar-refractivity contribution in [3.8, 4) is 5.75 Å². The van der Waals surface area contributed by atoms with Gasteiger partial charge in [0.25, 0.3) is 10.0 Å². The zero-order valence-electron chi connectivity index (χ0n) is 21.1. The second-order valence-corrected chi connectivity index (χ2v) is 10.7. The van der Waals surface area contributed by atoms with Crippen LogP contribution in [0.25, 0.3) is 0 Å². The topological polar surface area (TPSA) is 96.0 Å². The highest BCUT2D eigenvalue weighted by molar-refractivity contribution is 7.92. The number of likely N-dealkylation sites (N-methyl/N-ethyl adjacent to an activating group) is 1. The first kappa shape index (κ1) is 28.0. The van der Waals surface area contributed by atoms with Crippen LogP contribution in [0, 0.1) is 6.92 Å². The number of halogens is 1. The highest BCUT2D eigenvalue weighted by atomic mass is 35.5. The molecule has 196 valence electrons. The van der Waals surface area contributed by atoms with E-state index in [-0.39, 0.29) is 22.9 Å². The van der Waals surface area contributed by atoms with Gasteiger partial charge in [0, 0.05) is 18.6 Å². The van der Waals surface area contributed by atoms with Gasteiger partial charge in [-0.25, -0.2) is 8.42 Å². The summed E-state index contributed by atoms with van der Waals surface area (Å²) >= 11 is 6.34. The fourth-order valence-corrected chi connectivity index (χ4v) is 5.46. The summed E-state index contributed by atoms with van der Waals surface area (Å²) in [6.07, 6.45) is 0. The summed E-state index contributed by atoms with van der Waals surface area (Å²) in [5, 5.41) is 2.98. The number of benzene rings is 3. The molecule has 0 fully saturated rings. The van der Waals surface area contributed by atoms with Crippen molar-refractivity contribution < 1.29 is 22.7 Å². The minimum absolute atomic E-state index is 0.0112. The molecule has 0 saturated carbocycles. The lowest BCUT2D eigenvalue weighted by molar-refractivity contribution is -0.139. The summed E-state index contributed by atoms with van der Waals surface area (Å²) in [5.41, 5.74) is 1.62. The third kappa shape index (κ3) is 6.42. The van der Waals surface area contributed by atoms with Gasteiger partial charge in [0.1, 0.15) is 18.3 Å². The second kappa shape index (κ2) is 12.1. The molecule has 0 aliphatic carbocycles. The molecule has 0 bridgehead atoms. The SMILES string of the molecule is CNC(=O)C(C)N(Cc1ccccc1Cl)C(=O)CN(c1cc(C)ccc1OC)S(=O)(=O)c1ccccc1. The van der Waals surface area contributed by atoms with Gasteiger partial charge in [0.05, 0.1) is 17.7 Å². The number of anilines is 1. The molecule has 0 spiro atoms. The minimum Gasteiger partial charge on any atom is -0.495 e. The Hall–Kier alpha value is -3.56. The summed E-state index contributed by atoms with van der Waals surface area (Å²) in [4.78, 5) is 27.7. The van der Waals surface area contributed by atoms with Crippen molar-refractivity contribution in [2.24, 2.45) is 0 Å². The van der Waals surface area contributed by atoms with Crippen LogP contribution in [0.2, 0.25) is 5.02 Å². The molecule has 37 heavy (non-hydrogen) atoms. The first-order chi connectivity index (χ1) is 17.6. The molecule has 3 aromatic carbocycles. The number of rotatable bonds is 10. The molecule has 3 aromatic rings. The van der Waals surface area contributed by atoms with Crippen molar-refractivity contribution in [3.05, 3.63) is 88.9 Å². The quantitative estimate of drug-likeness (QED) is 0.417. The molecule has 2 amide bonds. The third-order valence-electron chi connectivity index (χ3n) is 5.93. The zero-order valence-corrected chi connectivity index (χ0v) is 22.7. The van der Waals surface area contributed by atoms with Crippen LogP contribution in [0.3, 0.4) is 0 Å². The van der Waals surface area contributed by atoms with Gasteiger partial charge in [0.15, 0.2) is 0 Å². The van der Waals surface area contributed by atoms with E-state index in [1.165, 1.54) is 31.2 Å². The Kier molecular flexibility index (Phi) is 9.18. The van der Waals surface area contributed by atoms with Crippen LogP contribution in [0.4, 0.5) is 5.69 Å². The lowest BCUT2D eigenvalue weighted by Gasteiger charge is -2.32. The Morgan fingerprint density at radius 3 is 2.30 bits per heavy atom. The zero-order chi connectivity index (χ0) is 27.2. The van der Waals surface area contributed by atoms with Gasteiger partial charge in [-0.3, -0.25) is 13.9 Å². The number of hydrogen-bond acceptors (Lipinski definition) is 5. The smallest absolute Gasteiger partial charge is 0.264 e. The summed E-state index contributed by atoms with van der Waals surface area (Å²) in [5.74, 6) is -0.694. The maximum atomic E-state index is 13.8. The van der Waals surface area contributed by atoms with Gasteiger partial charge in [-0.2, -0.15) is 0 Å². The van der Waals surface area contributed by atoms with Gasteiger partial charge in [-0.05, 0) is 55.3 Å². The number of methoxy groups -OCH3 is 1. The molecular weight excluding hydrogens is 514 g/mol. The molecule has 0 aromatic heterocycles. The van der Waals surface area contributed by atoms with Crippen LogP contribution in [0.1, 0.15) is 18.1 Å². The van der Waals surface area contributed by atoms with E-state index in [1.807, 2.05) is 6.92 Å². The largest absolute Gasteiger partial charge is 0.495 e. The molecule has 1 N–H and O–H groups in total. The van der Waals surface area contributed by atoms with Crippen LogP contribution in [0.15, 0.2) is 77.7 Å². The van der Waals surface area contributed by atoms with E-state index in [4.69, 9.17) is 16.3 Å². The fraction of sp³-hybridized carbons (Fsp3) is 0.259. The van der Waals surface area contributed by atoms with E-state index < -0.39 is 34.4 Å². The molecule has 3 rings (SSSR count). The summed E-state index contributed by atoms with van der Waals surface area (Å²) < 4.78 is 34.2. The number of amides is 2. The van der Waals surface area contributed by atoms with Crippen LogP contribution in [-0.4, -0.2) is 51.9 Å². The summed E-state index contributed by atoms with van der Waals surface area (Å²) in [7, 11) is -1.28. The fourth-order valence-electron chi connectivity index (χ4n) is 3.83. The second-order valence-electron chi connectivity index (χ2n) is 8.40. The van der Waals surface area contributed by atoms with E-state index in [1.54, 1.807) is 67.6 Å². The van der Waals surface area contributed by atoms with E-state index in [0.717, 1.165) is 9.87 Å². The first-order valence-corrected chi connectivity index (χ1v) is 13.4. The van der Waals surface area contributed by atoms with Gasteiger partial charge in [-0.15, -0.1) is 0 Å². The number of ether oxygens (including phenoxy) is 1. The van der Waals surface area contributed by atoms with Gasteiger partial charge in [-0.1, -0.05) is 54.1 Å². The molecule has 1 unspecified atom stereocenters. The van der Waals surface area contributed by atoms with Crippen molar-refractivity contribution in [2.45, 2.75) is 31.3 Å². The standard InChI is InChI=1S/C27H30ClN3O5S/c1-19-14-15-25(36-4)24(16-19)31(37(34,35)22-11-6-5-7-12-22)18-26(32)30(20(2)27(33)29-3)17-21-10-8-9-13-23(21)28/h5-16,20H,17-18H2,1-4H3,(H,29,33). The Balaban J connectivity index is 2.11. The van der Waals surface area contributed by atoms with Crippen LogP contribution >= 0.6 is 11.6 Å². The maximum absolute atomic E-state index is 13.8. The van der Waals surface area contributed by atoms with Crippen molar-refractivity contribution in [1.29, 1.82) is 0 Å². The third-order valence-corrected chi connectivity index (χ3v) is 8.07. The van der Waals surface area contributed by atoms with Crippen molar-refractivity contribution >= 4 is 39.1 Å². The Morgan fingerprint density at radius 2 is 1.68 bits per heavy atom. The highest BCUT2D eigenvalue weighted by Crippen LogP contribution is 2.33. The van der Waals surface area contributed by atoms with E-state index >= 15 is 0 Å². The first-order valence-electron chi connectivity index (χ1n) is 11.6. The average molecular weight is 544 g/mol. The molecule has 0 saturated heterocycles. The molecule has 8 nitrogen and oxygen atoms in total. The van der Waals surface area contributed by atoms with Crippen molar-refractivity contribution in [1.82, 2.24) is 10.2 Å². The number of nitrogens with zero attached hydrogens (tertiary/aromatic N) is 2. The monoisotopic (exact) mass is 543 g/mol. The molecule has 0 radical (unpaired) electrons. The number of carbonyl (C=O) groups excluding carboxylic acids is 2. The number of hydrogen-bond donors (Lipinski definition) is 1. The highest BCUT2D eigenvalue weighted by Gasteiger charge is 2.33. The van der Waals surface area contributed by atoms with E-state index in [9.17, 15) is 18.0 Å².